The number of benzene rings is 2. The summed E-state index contributed by atoms with van der Waals surface area (Å²) in [6, 6.07) is 9.57. The van der Waals surface area contributed by atoms with E-state index in [1.807, 2.05) is 0 Å². The van der Waals surface area contributed by atoms with Gasteiger partial charge in [0.15, 0.2) is 0 Å². The van der Waals surface area contributed by atoms with Crippen molar-refractivity contribution in [2.45, 2.75) is 12.5 Å². The molecule has 2 aromatic carbocycles. The minimum Gasteiger partial charge on any atom is -0.459 e. The third-order valence-corrected chi connectivity index (χ3v) is 4.47. The molecular formula is C18H16BrFN2O3. The SMILES string of the molecule is COC(COC(=O)c1cc(Br)c2[nH]ncc2c1)Cc1ccc(F)cc1. The first-order chi connectivity index (χ1) is 12.1. The van der Waals surface area contributed by atoms with Crippen LogP contribution in [0.25, 0.3) is 10.9 Å². The number of esters is 1. The van der Waals surface area contributed by atoms with Gasteiger partial charge in [0, 0.05) is 23.4 Å². The van der Waals surface area contributed by atoms with Crippen LogP contribution >= 0.6 is 15.9 Å². The van der Waals surface area contributed by atoms with Crippen LogP contribution in [0.3, 0.4) is 0 Å². The molecule has 0 radical (unpaired) electrons. The largest absolute Gasteiger partial charge is 0.459 e. The number of carbonyl (C=O) groups is 1. The zero-order chi connectivity index (χ0) is 17.8. The Bertz CT molecular complexity index is 880. The molecule has 0 saturated heterocycles. The summed E-state index contributed by atoms with van der Waals surface area (Å²) in [6.45, 7) is 0.105. The Kier molecular flexibility index (Phi) is 5.45. The maximum absolute atomic E-state index is 13.0. The van der Waals surface area contributed by atoms with Crippen molar-refractivity contribution >= 4 is 32.8 Å². The zero-order valence-electron chi connectivity index (χ0n) is 13.5. The van der Waals surface area contributed by atoms with Crippen molar-refractivity contribution in [3.8, 4) is 0 Å². The Labute approximate surface area is 152 Å². The number of fused-ring (bicyclic) bond motifs is 1. The Hall–Kier alpha value is -2.25. The number of nitrogens with zero attached hydrogens (tertiary/aromatic N) is 1. The number of aromatic nitrogens is 2. The molecule has 5 nitrogen and oxygen atoms in total. The van der Waals surface area contributed by atoms with Gasteiger partial charge in [0.05, 0.1) is 23.4 Å². The van der Waals surface area contributed by atoms with Gasteiger partial charge in [0.25, 0.3) is 0 Å². The predicted octanol–water partition coefficient (Wildman–Crippen LogP) is 3.88. The second-order valence-electron chi connectivity index (χ2n) is 5.58. The van der Waals surface area contributed by atoms with E-state index in [1.165, 1.54) is 12.1 Å². The van der Waals surface area contributed by atoms with Crippen LogP contribution in [-0.4, -0.2) is 36.0 Å². The van der Waals surface area contributed by atoms with Crippen LogP contribution in [-0.2, 0) is 15.9 Å². The number of carbonyl (C=O) groups excluding carboxylic acids is 1. The van der Waals surface area contributed by atoms with E-state index in [0.717, 1.165) is 20.9 Å². The van der Waals surface area contributed by atoms with Gasteiger partial charge in [-0.15, -0.1) is 0 Å². The quantitative estimate of drug-likeness (QED) is 0.630. The molecule has 1 aromatic heterocycles. The zero-order valence-corrected chi connectivity index (χ0v) is 15.0. The summed E-state index contributed by atoms with van der Waals surface area (Å²) in [7, 11) is 1.55. The molecule has 1 N–H and O–H groups in total. The van der Waals surface area contributed by atoms with Crippen molar-refractivity contribution in [1.29, 1.82) is 0 Å². The molecule has 0 spiro atoms. The number of aromatic amines is 1. The number of methoxy groups -OCH3 is 1. The number of ether oxygens (including phenoxy) is 2. The smallest absolute Gasteiger partial charge is 0.338 e. The number of halogens is 2. The van der Waals surface area contributed by atoms with Crippen molar-refractivity contribution < 1.29 is 18.7 Å². The standard InChI is InChI=1S/C18H16BrFN2O3/c1-24-15(6-11-2-4-14(20)5-3-11)10-25-18(23)12-7-13-9-21-22-17(13)16(19)8-12/h2-5,7-9,15H,6,10H2,1H3,(H,21,22). The number of hydrogen-bond donors (Lipinski definition) is 1. The summed E-state index contributed by atoms with van der Waals surface area (Å²) in [5.74, 6) is -0.727. The second kappa shape index (κ2) is 7.76. The van der Waals surface area contributed by atoms with E-state index >= 15 is 0 Å². The monoisotopic (exact) mass is 406 g/mol. The van der Waals surface area contributed by atoms with Crippen LogP contribution in [0, 0.1) is 5.82 Å². The first kappa shape index (κ1) is 17.6. The summed E-state index contributed by atoms with van der Waals surface area (Å²) < 4.78 is 24.4. The molecule has 25 heavy (non-hydrogen) atoms. The topological polar surface area (TPSA) is 64.2 Å². The van der Waals surface area contributed by atoms with Crippen molar-refractivity contribution in [2.24, 2.45) is 0 Å². The van der Waals surface area contributed by atoms with E-state index in [4.69, 9.17) is 9.47 Å². The summed E-state index contributed by atoms with van der Waals surface area (Å²) in [6.07, 6.45) is 1.85. The predicted molar refractivity (Wildman–Crippen MR) is 95.0 cm³/mol. The highest BCUT2D eigenvalue weighted by molar-refractivity contribution is 9.10. The number of H-pyrrole nitrogens is 1. The Morgan fingerprint density at radius 3 is 2.80 bits per heavy atom. The van der Waals surface area contributed by atoms with Crippen LogP contribution in [0.4, 0.5) is 4.39 Å². The first-order valence-electron chi connectivity index (χ1n) is 7.64. The fraction of sp³-hybridized carbons (Fsp3) is 0.222. The maximum Gasteiger partial charge on any atom is 0.338 e. The van der Waals surface area contributed by atoms with Crippen LogP contribution in [0.5, 0.6) is 0 Å². The van der Waals surface area contributed by atoms with Gasteiger partial charge in [-0.3, -0.25) is 5.10 Å². The Balaban J connectivity index is 1.63. The number of nitrogens with one attached hydrogen (secondary N) is 1. The van der Waals surface area contributed by atoms with Crippen LogP contribution in [0.2, 0.25) is 0 Å². The Morgan fingerprint density at radius 1 is 1.32 bits per heavy atom. The number of hydrogen-bond acceptors (Lipinski definition) is 4. The fourth-order valence-corrected chi connectivity index (χ4v) is 3.04. The third-order valence-electron chi connectivity index (χ3n) is 3.85. The molecule has 1 unspecified atom stereocenters. The number of rotatable bonds is 6. The minimum atomic E-state index is -0.440. The van der Waals surface area contributed by atoms with Crippen molar-refractivity contribution in [3.05, 3.63) is 64.0 Å². The summed E-state index contributed by atoms with van der Waals surface area (Å²) in [4.78, 5) is 12.3. The van der Waals surface area contributed by atoms with Crippen molar-refractivity contribution in [2.75, 3.05) is 13.7 Å². The molecule has 0 aliphatic heterocycles. The van der Waals surface area contributed by atoms with E-state index in [9.17, 15) is 9.18 Å². The molecule has 0 aliphatic rings. The molecule has 0 amide bonds. The molecule has 0 aliphatic carbocycles. The van der Waals surface area contributed by atoms with Crippen LogP contribution < -0.4 is 0 Å². The maximum atomic E-state index is 13.0. The van der Waals surface area contributed by atoms with Crippen molar-refractivity contribution in [3.63, 3.8) is 0 Å². The van der Waals surface area contributed by atoms with E-state index in [1.54, 1.807) is 37.6 Å². The highest BCUT2D eigenvalue weighted by Gasteiger charge is 2.15. The van der Waals surface area contributed by atoms with Gasteiger partial charge in [-0.25, -0.2) is 9.18 Å². The lowest BCUT2D eigenvalue weighted by Gasteiger charge is -2.16. The summed E-state index contributed by atoms with van der Waals surface area (Å²) in [5, 5.41) is 7.61. The van der Waals surface area contributed by atoms with E-state index in [-0.39, 0.29) is 18.5 Å². The van der Waals surface area contributed by atoms with E-state index in [0.29, 0.717) is 12.0 Å². The lowest BCUT2D eigenvalue weighted by atomic mass is 10.1. The van der Waals surface area contributed by atoms with Gasteiger partial charge < -0.3 is 9.47 Å². The fourth-order valence-electron chi connectivity index (χ4n) is 2.48. The van der Waals surface area contributed by atoms with Gasteiger partial charge >= 0.3 is 5.97 Å². The molecule has 130 valence electrons. The summed E-state index contributed by atoms with van der Waals surface area (Å²) >= 11 is 3.40. The molecule has 0 bridgehead atoms. The van der Waals surface area contributed by atoms with Gasteiger partial charge in [0.2, 0.25) is 0 Å². The normalized spacial score (nSPS) is 12.3. The lowest BCUT2D eigenvalue weighted by molar-refractivity contribution is 0.0111. The second-order valence-corrected chi connectivity index (χ2v) is 6.43. The molecule has 1 atom stereocenters. The first-order valence-corrected chi connectivity index (χ1v) is 8.43. The average Bonchev–Trinajstić information content (AvgIpc) is 3.09. The molecule has 7 heteroatoms. The highest BCUT2D eigenvalue weighted by atomic mass is 79.9. The molecule has 3 aromatic rings. The highest BCUT2D eigenvalue weighted by Crippen LogP contribution is 2.24. The molecular weight excluding hydrogens is 391 g/mol. The minimum absolute atomic E-state index is 0.105. The van der Waals surface area contributed by atoms with Gasteiger partial charge in [-0.1, -0.05) is 12.1 Å². The summed E-state index contributed by atoms with van der Waals surface area (Å²) in [5.41, 5.74) is 2.16. The molecule has 0 saturated carbocycles. The Morgan fingerprint density at radius 2 is 2.08 bits per heavy atom. The average molecular weight is 407 g/mol. The molecule has 0 fully saturated rings. The van der Waals surface area contributed by atoms with Crippen LogP contribution in [0.1, 0.15) is 15.9 Å². The van der Waals surface area contributed by atoms with Gasteiger partial charge in [-0.05, 0) is 45.8 Å². The lowest BCUT2D eigenvalue weighted by Crippen LogP contribution is -2.23. The van der Waals surface area contributed by atoms with Crippen molar-refractivity contribution in [1.82, 2.24) is 10.2 Å². The third kappa shape index (κ3) is 4.24. The van der Waals surface area contributed by atoms with E-state index in [2.05, 4.69) is 26.1 Å². The van der Waals surface area contributed by atoms with E-state index < -0.39 is 5.97 Å². The molecule has 1 heterocycles. The van der Waals surface area contributed by atoms with Crippen LogP contribution in [0.15, 0.2) is 47.1 Å². The molecule has 3 rings (SSSR count). The van der Waals surface area contributed by atoms with Gasteiger partial charge in [0.1, 0.15) is 12.4 Å². The van der Waals surface area contributed by atoms with Gasteiger partial charge in [-0.2, -0.15) is 5.10 Å².